The molecule has 1 saturated heterocycles. The van der Waals surface area contributed by atoms with Crippen LogP contribution >= 0.6 is 15.9 Å². The van der Waals surface area contributed by atoms with Crippen LogP contribution in [0.25, 0.3) is 10.8 Å². The van der Waals surface area contributed by atoms with Crippen LogP contribution in [0, 0.1) is 0 Å². The maximum absolute atomic E-state index is 12.2. The van der Waals surface area contributed by atoms with E-state index in [-0.39, 0.29) is 11.9 Å². The Bertz CT molecular complexity index is 621. The van der Waals surface area contributed by atoms with Gasteiger partial charge in [0.2, 0.25) is 5.91 Å². The van der Waals surface area contributed by atoms with Crippen LogP contribution in [0.15, 0.2) is 40.9 Å². The molecule has 1 heterocycles. The van der Waals surface area contributed by atoms with E-state index >= 15 is 0 Å². The molecular formula is C15H15BrN2O. The van der Waals surface area contributed by atoms with Crippen LogP contribution in [0.4, 0.5) is 5.69 Å². The zero-order valence-electron chi connectivity index (χ0n) is 10.4. The number of anilines is 1. The smallest absolute Gasteiger partial charge is 0.241 e. The molecule has 2 N–H and O–H groups in total. The van der Waals surface area contributed by atoms with Crippen molar-refractivity contribution in [2.75, 3.05) is 11.9 Å². The number of rotatable bonds is 2. The molecule has 2 aromatic carbocycles. The normalized spacial score (nSPS) is 18.7. The molecule has 1 fully saturated rings. The third-order valence-electron chi connectivity index (χ3n) is 3.51. The number of carbonyl (C=O) groups excluding carboxylic acids is 1. The zero-order chi connectivity index (χ0) is 13.2. The Kier molecular flexibility index (Phi) is 3.53. The van der Waals surface area contributed by atoms with Crippen molar-refractivity contribution in [3.05, 3.63) is 40.9 Å². The van der Waals surface area contributed by atoms with Gasteiger partial charge in [-0.3, -0.25) is 4.79 Å². The molecule has 1 atom stereocenters. The summed E-state index contributed by atoms with van der Waals surface area (Å²) >= 11 is 3.54. The predicted octanol–water partition coefficient (Wildman–Crippen LogP) is 3.29. The minimum absolute atomic E-state index is 0.0533. The summed E-state index contributed by atoms with van der Waals surface area (Å²) in [6.45, 7) is 0.930. The molecule has 98 valence electrons. The number of hydrogen-bond acceptors (Lipinski definition) is 2. The van der Waals surface area contributed by atoms with E-state index in [9.17, 15) is 4.79 Å². The van der Waals surface area contributed by atoms with E-state index in [1.165, 1.54) is 0 Å². The summed E-state index contributed by atoms with van der Waals surface area (Å²) in [6, 6.07) is 11.9. The predicted molar refractivity (Wildman–Crippen MR) is 81.3 cm³/mol. The molecule has 1 aliphatic heterocycles. The van der Waals surface area contributed by atoms with Crippen LogP contribution in [0.1, 0.15) is 12.8 Å². The fourth-order valence-corrected chi connectivity index (χ4v) is 2.98. The second-order valence-corrected chi connectivity index (χ2v) is 5.63. The summed E-state index contributed by atoms with van der Waals surface area (Å²) in [5.74, 6) is 0.0602. The Labute approximate surface area is 120 Å². The first-order valence-electron chi connectivity index (χ1n) is 6.47. The molecule has 0 saturated carbocycles. The lowest BCUT2D eigenvalue weighted by Crippen LogP contribution is -2.35. The fraction of sp³-hybridized carbons (Fsp3) is 0.267. The Hall–Kier alpha value is -1.39. The van der Waals surface area contributed by atoms with Gasteiger partial charge in [0.25, 0.3) is 0 Å². The second kappa shape index (κ2) is 5.31. The largest absolute Gasteiger partial charge is 0.324 e. The number of benzene rings is 2. The maximum atomic E-state index is 12.2. The van der Waals surface area contributed by atoms with Crippen molar-refractivity contribution in [1.82, 2.24) is 5.32 Å². The highest BCUT2D eigenvalue weighted by Crippen LogP contribution is 2.30. The van der Waals surface area contributed by atoms with Gasteiger partial charge in [-0.05, 0) is 36.9 Å². The van der Waals surface area contributed by atoms with E-state index in [2.05, 4.69) is 26.6 Å². The summed E-state index contributed by atoms with van der Waals surface area (Å²) < 4.78 is 1.04. The number of halogens is 1. The number of carbonyl (C=O) groups is 1. The van der Waals surface area contributed by atoms with Gasteiger partial charge in [0, 0.05) is 15.5 Å². The van der Waals surface area contributed by atoms with Gasteiger partial charge in [-0.15, -0.1) is 0 Å². The number of fused-ring (bicyclic) bond motifs is 1. The van der Waals surface area contributed by atoms with Crippen LogP contribution in [-0.4, -0.2) is 18.5 Å². The SMILES string of the molecule is O=C(Nc1ccc(Br)c2ccccc12)[C@H]1CCCN1. The Morgan fingerprint density at radius 2 is 2.00 bits per heavy atom. The lowest BCUT2D eigenvalue weighted by Gasteiger charge is -2.13. The van der Waals surface area contributed by atoms with Gasteiger partial charge in [0.15, 0.2) is 0 Å². The Balaban J connectivity index is 1.92. The van der Waals surface area contributed by atoms with Gasteiger partial charge < -0.3 is 10.6 Å². The van der Waals surface area contributed by atoms with E-state index in [0.29, 0.717) is 0 Å². The van der Waals surface area contributed by atoms with Gasteiger partial charge in [-0.2, -0.15) is 0 Å². The molecule has 0 bridgehead atoms. The van der Waals surface area contributed by atoms with Crippen molar-refractivity contribution in [2.24, 2.45) is 0 Å². The van der Waals surface area contributed by atoms with Crippen molar-refractivity contribution < 1.29 is 4.79 Å². The minimum atomic E-state index is -0.0533. The van der Waals surface area contributed by atoms with Crippen molar-refractivity contribution >= 4 is 38.3 Å². The third kappa shape index (κ3) is 2.51. The highest BCUT2D eigenvalue weighted by Gasteiger charge is 2.22. The van der Waals surface area contributed by atoms with E-state index in [1.807, 2.05) is 36.4 Å². The highest BCUT2D eigenvalue weighted by molar-refractivity contribution is 9.10. The number of hydrogen-bond donors (Lipinski definition) is 2. The molecule has 0 radical (unpaired) electrons. The second-order valence-electron chi connectivity index (χ2n) is 4.78. The molecule has 0 unspecified atom stereocenters. The van der Waals surface area contributed by atoms with Crippen LogP contribution in [-0.2, 0) is 4.79 Å². The summed E-state index contributed by atoms with van der Waals surface area (Å²) in [6.07, 6.45) is 1.99. The maximum Gasteiger partial charge on any atom is 0.241 e. The van der Waals surface area contributed by atoms with Gasteiger partial charge in [-0.1, -0.05) is 40.2 Å². The summed E-state index contributed by atoms with van der Waals surface area (Å²) in [5.41, 5.74) is 0.873. The molecular weight excluding hydrogens is 304 g/mol. The molecule has 1 amide bonds. The molecule has 2 aromatic rings. The summed E-state index contributed by atoms with van der Waals surface area (Å²) in [4.78, 5) is 12.2. The van der Waals surface area contributed by atoms with E-state index in [1.54, 1.807) is 0 Å². The molecule has 0 spiro atoms. The minimum Gasteiger partial charge on any atom is -0.324 e. The van der Waals surface area contributed by atoms with Gasteiger partial charge >= 0.3 is 0 Å². The molecule has 0 aromatic heterocycles. The standard InChI is InChI=1S/C15H15BrN2O/c16-12-7-8-13(11-5-2-1-4-10(11)12)18-15(19)14-6-3-9-17-14/h1-2,4-5,7-8,14,17H,3,6,9H2,(H,18,19)/t14-/m1/s1. The average molecular weight is 319 g/mol. The fourth-order valence-electron chi connectivity index (χ4n) is 2.50. The molecule has 4 heteroatoms. The van der Waals surface area contributed by atoms with E-state index < -0.39 is 0 Å². The highest BCUT2D eigenvalue weighted by atomic mass is 79.9. The summed E-state index contributed by atoms with van der Waals surface area (Å²) in [7, 11) is 0. The van der Waals surface area contributed by atoms with Crippen molar-refractivity contribution in [3.8, 4) is 0 Å². The van der Waals surface area contributed by atoms with Crippen LogP contribution in [0.5, 0.6) is 0 Å². The molecule has 3 nitrogen and oxygen atoms in total. The van der Waals surface area contributed by atoms with E-state index in [0.717, 1.165) is 40.3 Å². The lowest BCUT2D eigenvalue weighted by atomic mass is 10.1. The van der Waals surface area contributed by atoms with Crippen LogP contribution in [0.3, 0.4) is 0 Å². The van der Waals surface area contributed by atoms with Crippen LogP contribution < -0.4 is 10.6 Å². The van der Waals surface area contributed by atoms with Crippen molar-refractivity contribution in [3.63, 3.8) is 0 Å². The van der Waals surface area contributed by atoms with Gasteiger partial charge in [0.1, 0.15) is 0 Å². The average Bonchev–Trinajstić information content (AvgIpc) is 2.96. The zero-order valence-corrected chi connectivity index (χ0v) is 12.0. The molecule has 3 rings (SSSR count). The first-order chi connectivity index (χ1) is 9.25. The van der Waals surface area contributed by atoms with Crippen LogP contribution in [0.2, 0.25) is 0 Å². The van der Waals surface area contributed by atoms with Gasteiger partial charge in [0.05, 0.1) is 6.04 Å². The Morgan fingerprint density at radius 3 is 2.74 bits per heavy atom. The topological polar surface area (TPSA) is 41.1 Å². The van der Waals surface area contributed by atoms with Gasteiger partial charge in [-0.25, -0.2) is 0 Å². The molecule has 0 aliphatic carbocycles. The van der Waals surface area contributed by atoms with Crippen molar-refractivity contribution in [2.45, 2.75) is 18.9 Å². The third-order valence-corrected chi connectivity index (χ3v) is 4.20. The molecule has 19 heavy (non-hydrogen) atoms. The Morgan fingerprint density at radius 1 is 1.21 bits per heavy atom. The lowest BCUT2D eigenvalue weighted by molar-refractivity contribution is -0.117. The first-order valence-corrected chi connectivity index (χ1v) is 7.26. The monoisotopic (exact) mass is 318 g/mol. The van der Waals surface area contributed by atoms with Crippen molar-refractivity contribution in [1.29, 1.82) is 0 Å². The quantitative estimate of drug-likeness (QED) is 0.892. The first kappa shape index (κ1) is 12.6. The van der Waals surface area contributed by atoms with E-state index in [4.69, 9.17) is 0 Å². The summed E-state index contributed by atoms with van der Waals surface area (Å²) in [5, 5.41) is 8.42. The number of nitrogens with one attached hydrogen (secondary N) is 2. The molecule has 1 aliphatic rings. The number of amides is 1.